The fourth-order valence-corrected chi connectivity index (χ4v) is 3.42. The molecule has 2 aromatic heterocycles. The number of amides is 1. The second-order valence-corrected chi connectivity index (χ2v) is 7.85. The molecule has 0 unspecified atom stereocenters. The molecule has 2 N–H and O–H groups in total. The van der Waals surface area contributed by atoms with Crippen LogP contribution in [0.15, 0.2) is 29.6 Å². The van der Waals surface area contributed by atoms with E-state index in [1.807, 2.05) is 24.4 Å². The topological polar surface area (TPSA) is 57.8 Å². The molecule has 0 spiro atoms. The molecule has 120 valence electrons. The Morgan fingerprint density at radius 3 is 2.78 bits per heavy atom. The van der Waals surface area contributed by atoms with Crippen LogP contribution in [0.4, 0.5) is 5.13 Å². The number of para-hydroxylation sites is 1. The zero-order valence-corrected chi connectivity index (χ0v) is 14.7. The largest absolute Gasteiger partial charge is 0.358 e. The van der Waals surface area contributed by atoms with Gasteiger partial charge in [-0.05, 0) is 18.4 Å². The molecule has 1 amide bonds. The quantitative estimate of drug-likeness (QED) is 0.713. The van der Waals surface area contributed by atoms with E-state index in [0.717, 1.165) is 27.9 Å². The van der Waals surface area contributed by atoms with Gasteiger partial charge in [-0.1, -0.05) is 39.0 Å². The van der Waals surface area contributed by atoms with Gasteiger partial charge in [-0.15, -0.1) is 11.3 Å². The third kappa shape index (κ3) is 3.45. The van der Waals surface area contributed by atoms with Crippen LogP contribution in [-0.2, 0) is 4.79 Å². The molecular formula is C18H21N3OS. The van der Waals surface area contributed by atoms with Gasteiger partial charge in [0.2, 0.25) is 5.91 Å². The van der Waals surface area contributed by atoms with E-state index in [4.69, 9.17) is 0 Å². The molecule has 2 heterocycles. The number of hydrogen-bond donors (Lipinski definition) is 2. The first kappa shape index (κ1) is 15.7. The van der Waals surface area contributed by atoms with E-state index in [0.29, 0.717) is 11.6 Å². The summed E-state index contributed by atoms with van der Waals surface area (Å²) in [6.45, 7) is 8.20. The lowest BCUT2D eigenvalue weighted by Gasteiger charge is -2.16. The van der Waals surface area contributed by atoms with Crippen molar-refractivity contribution in [1.82, 2.24) is 9.97 Å². The number of carbonyl (C=O) groups excluding carboxylic acids is 1. The number of anilines is 1. The zero-order valence-electron chi connectivity index (χ0n) is 13.9. The molecule has 0 radical (unpaired) electrons. The van der Waals surface area contributed by atoms with Crippen molar-refractivity contribution in [3.63, 3.8) is 0 Å². The molecule has 23 heavy (non-hydrogen) atoms. The van der Waals surface area contributed by atoms with Crippen LogP contribution in [-0.4, -0.2) is 15.9 Å². The first-order valence-electron chi connectivity index (χ1n) is 7.66. The third-order valence-corrected chi connectivity index (χ3v) is 4.35. The first-order chi connectivity index (χ1) is 10.8. The summed E-state index contributed by atoms with van der Waals surface area (Å²) in [5.74, 6) is 0.00838. The fraction of sp³-hybridized carbons (Fsp3) is 0.333. The average molecular weight is 327 g/mol. The molecule has 0 bridgehead atoms. The van der Waals surface area contributed by atoms with E-state index < -0.39 is 0 Å². The number of carbonyl (C=O) groups is 1. The van der Waals surface area contributed by atoms with Gasteiger partial charge >= 0.3 is 0 Å². The molecule has 3 rings (SSSR count). The maximum absolute atomic E-state index is 12.1. The third-order valence-electron chi connectivity index (χ3n) is 3.59. The number of H-pyrrole nitrogens is 1. The Morgan fingerprint density at radius 2 is 2.04 bits per heavy atom. The van der Waals surface area contributed by atoms with Crippen molar-refractivity contribution < 1.29 is 4.79 Å². The summed E-state index contributed by atoms with van der Waals surface area (Å²) in [6.07, 6.45) is 0.480. The van der Waals surface area contributed by atoms with E-state index in [1.165, 1.54) is 11.3 Å². The lowest BCUT2D eigenvalue weighted by molar-refractivity contribution is -0.117. The molecule has 0 fully saturated rings. The summed E-state index contributed by atoms with van der Waals surface area (Å²) >= 11 is 1.46. The number of thiazole rings is 1. The van der Waals surface area contributed by atoms with Gasteiger partial charge in [-0.3, -0.25) is 4.79 Å². The maximum Gasteiger partial charge on any atom is 0.226 e. The van der Waals surface area contributed by atoms with Crippen LogP contribution in [0.3, 0.4) is 0 Å². The SMILES string of the molecule is Cc1[nH]c2ccccc2c1-c1csc(NC(=O)CC(C)(C)C)n1. The summed E-state index contributed by atoms with van der Waals surface area (Å²) in [4.78, 5) is 20.0. The number of nitrogens with one attached hydrogen (secondary N) is 2. The maximum atomic E-state index is 12.1. The van der Waals surface area contributed by atoms with E-state index in [-0.39, 0.29) is 11.3 Å². The van der Waals surface area contributed by atoms with Crippen LogP contribution in [0, 0.1) is 12.3 Å². The van der Waals surface area contributed by atoms with Gasteiger partial charge in [0, 0.05) is 34.0 Å². The van der Waals surface area contributed by atoms with Crippen LogP contribution in [0.5, 0.6) is 0 Å². The Morgan fingerprint density at radius 1 is 1.30 bits per heavy atom. The van der Waals surface area contributed by atoms with Gasteiger partial charge in [-0.2, -0.15) is 0 Å². The zero-order chi connectivity index (χ0) is 16.6. The second-order valence-electron chi connectivity index (χ2n) is 6.99. The van der Waals surface area contributed by atoms with Gasteiger partial charge in [0.05, 0.1) is 5.69 Å². The monoisotopic (exact) mass is 327 g/mol. The van der Waals surface area contributed by atoms with Crippen molar-refractivity contribution in [2.24, 2.45) is 5.41 Å². The molecule has 0 aliphatic heterocycles. The van der Waals surface area contributed by atoms with Crippen molar-refractivity contribution in [3.05, 3.63) is 35.3 Å². The highest BCUT2D eigenvalue weighted by Gasteiger charge is 2.18. The van der Waals surface area contributed by atoms with Gasteiger partial charge in [-0.25, -0.2) is 4.98 Å². The minimum atomic E-state index is -0.0302. The first-order valence-corrected chi connectivity index (χ1v) is 8.54. The Labute approximate surface area is 140 Å². The predicted octanol–water partition coefficient (Wildman–Crippen LogP) is 4.97. The second kappa shape index (κ2) is 5.81. The molecule has 0 aliphatic carbocycles. The van der Waals surface area contributed by atoms with E-state index >= 15 is 0 Å². The lowest BCUT2D eigenvalue weighted by atomic mass is 9.92. The van der Waals surface area contributed by atoms with Crippen LogP contribution in [0.25, 0.3) is 22.2 Å². The molecule has 0 aliphatic rings. The number of benzene rings is 1. The van der Waals surface area contributed by atoms with Crippen LogP contribution in [0.2, 0.25) is 0 Å². The fourth-order valence-electron chi connectivity index (χ4n) is 2.70. The molecule has 5 heteroatoms. The van der Waals surface area contributed by atoms with Gasteiger partial charge in [0.25, 0.3) is 0 Å². The summed E-state index contributed by atoms with van der Waals surface area (Å²) in [5, 5.41) is 6.71. The van der Waals surface area contributed by atoms with Crippen LogP contribution in [0.1, 0.15) is 32.9 Å². The Kier molecular flexibility index (Phi) is 3.98. The number of hydrogen-bond acceptors (Lipinski definition) is 3. The van der Waals surface area contributed by atoms with Crippen molar-refractivity contribution in [2.45, 2.75) is 34.1 Å². The number of nitrogens with zero attached hydrogens (tertiary/aromatic N) is 1. The van der Waals surface area contributed by atoms with Gasteiger partial charge < -0.3 is 10.3 Å². The summed E-state index contributed by atoms with van der Waals surface area (Å²) in [6, 6.07) is 8.19. The number of aromatic nitrogens is 2. The molecule has 1 aromatic carbocycles. The Hall–Kier alpha value is -2.14. The molecule has 0 atom stereocenters. The van der Waals surface area contributed by atoms with E-state index in [9.17, 15) is 4.79 Å². The molecule has 3 aromatic rings. The van der Waals surface area contributed by atoms with Crippen molar-refractivity contribution >= 4 is 33.3 Å². The minimum absolute atomic E-state index is 0.00838. The normalized spacial score (nSPS) is 11.8. The smallest absolute Gasteiger partial charge is 0.226 e. The molecule has 0 saturated heterocycles. The number of aryl methyl sites for hydroxylation is 1. The van der Waals surface area contributed by atoms with Crippen molar-refractivity contribution in [3.8, 4) is 11.3 Å². The van der Waals surface area contributed by atoms with E-state index in [2.05, 4.69) is 48.2 Å². The van der Waals surface area contributed by atoms with Crippen LogP contribution < -0.4 is 5.32 Å². The minimum Gasteiger partial charge on any atom is -0.358 e. The van der Waals surface area contributed by atoms with Gasteiger partial charge in [0.15, 0.2) is 5.13 Å². The van der Waals surface area contributed by atoms with Crippen LogP contribution >= 0.6 is 11.3 Å². The molecular weight excluding hydrogens is 306 g/mol. The summed E-state index contributed by atoms with van der Waals surface area (Å²) < 4.78 is 0. The van der Waals surface area contributed by atoms with Gasteiger partial charge in [0.1, 0.15) is 0 Å². The Balaban J connectivity index is 1.87. The summed E-state index contributed by atoms with van der Waals surface area (Å²) in [5.41, 5.74) is 4.16. The Bertz CT molecular complexity index is 855. The highest BCUT2D eigenvalue weighted by atomic mass is 32.1. The number of aromatic amines is 1. The highest BCUT2D eigenvalue weighted by Crippen LogP contribution is 2.34. The standard InChI is InChI=1S/C18H21N3OS/c1-11-16(12-7-5-6-8-13(12)19-11)14-10-23-17(20-14)21-15(22)9-18(2,3)4/h5-8,10,19H,9H2,1-4H3,(H,20,21,22). The predicted molar refractivity (Wildman–Crippen MR) is 96.8 cm³/mol. The lowest BCUT2D eigenvalue weighted by Crippen LogP contribution is -2.19. The van der Waals surface area contributed by atoms with E-state index in [1.54, 1.807) is 0 Å². The molecule has 0 saturated carbocycles. The average Bonchev–Trinajstić information content (AvgIpc) is 2.99. The van der Waals surface area contributed by atoms with Crippen molar-refractivity contribution in [1.29, 1.82) is 0 Å². The van der Waals surface area contributed by atoms with Crippen molar-refractivity contribution in [2.75, 3.05) is 5.32 Å². The summed E-state index contributed by atoms with van der Waals surface area (Å²) in [7, 11) is 0. The number of rotatable bonds is 3. The number of fused-ring (bicyclic) bond motifs is 1. The highest BCUT2D eigenvalue weighted by molar-refractivity contribution is 7.14. The molecule has 4 nitrogen and oxygen atoms in total.